The number of urea groups is 1. The zero-order chi connectivity index (χ0) is 14.3. The predicted octanol–water partition coefficient (Wildman–Crippen LogP) is -0.374. The Balaban J connectivity index is 2.49. The number of nitrogens with zero attached hydrogens (tertiary/aromatic N) is 1. The molecule has 2 amide bonds. The number of carbonyl (C=O) groups excluding carboxylic acids is 1. The standard InChI is InChI=1S/C12H22N2O5/c15-6-3-9-2-1-5-14(8-9)12(19)13-10(4-7-16)11(17)18/h9-10,15-16H,1-8H2,(H,13,19)(H,17,18)/t9?,10-/m1/s1. The highest BCUT2D eigenvalue weighted by Gasteiger charge is 2.26. The molecule has 7 heteroatoms. The first-order valence-electron chi connectivity index (χ1n) is 6.58. The van der Waals surface area contributed by atoms with Crippen molar-refractivity contribution in [3.05, 3.63) is 0 Å². The van der Waals surface area contributed by atoms with Gasteiger partial charge in [0.05, 0.1) is 0 Å². The SMILES string of the molecule is O=C(O)[C@@H](CCO)NC(=O)N1CCCC(CCO)C1. The van der Waals surface area contributed by atoms with Gasteiger partial charge in [-0.25, -0.2) is 9.59 Å². The molecule has 0 aliphatic carbocycles. The van der Waals surface area contributed by atoms with Crippen LogP contribution in [0, 0.1) is 5.92 Å². The fraction of sp³-hybridized carbons (Fsp3) is 0.833. The number of rotatable bonds is 6. The van der Waals surface area contributed by atoms with Crippen LogP contribution in [0.4, 0.5) is 4.79 Å². The van der Waals surface area contributed by atoms with E-state index in [-0.39, 0.29) is 25.6 Å². The van der Waals surface area contributed by atoms with E-state index < -0.39 is 18.0 Å². The van der Waals surface area contributed by atoms with Crippen LogP contribution in [-0.4, -0.2) is 64.6 Å². The topological polar surface area (TPSA) is 110 Å². The minimum absolute atomic E-state index is 0.00498. The summed E-state index contributed by atoms with van der Waals surface area (Å²) < 4.78 is 0. The van der Waals surface area contributed by atoms with Crippen LogP contribution in [0.15, 0.2) is 0 Å². The van der Waals surface area contributed by atoms with Crippen molar-refractivity contribution in [2.45, 2.75) is 31.7 Å². The zero-order valence-corrected chi connectivity index (χ0v) is 10.9. The van der Waals surface area contributed by atoms with Gasteiger partial charge in [-0.2, -0.15) is 0 Å². The molecule has 110 valence electrons. The summed E-state index contributed by atoms with van der Waals surface area (Å²) in [7, 11) is 0. The Hall–Kier alpha value is -1.34. The Morgan fingerprint density at radius 2 is 2.05 bits per heavy atom. The number of carboxylic acid groups (broad SMARTS) is 1. The number of carboxylic acids is 1. The molecule has 2 atom stereocenters. The van der Waals surface area contributed by atoms with Crippen LogP contribution in [0.3, 0.4) is 0 Å². The van der Waals surface area contributed by atoms with Crippen LogP contribution in [0.5, 0.6) is 0 Å². The van der Waals surface area contributed by atoms with E-state index in [0.29, 0.717) is 19.5 Å². The van der Waals surface area contributed by atoms with Gasteiger partial charge in [-0.05, 0) is 25.2 Å². The Kier molecular flexibility index (Phi) is 6.58. The van der Waals surface area contributed by atoms with Crippen LogP contribution >= 0.6 is 0 Å². The molecule has 1 rings (SSSR count). The van der Waals surface area contributed by atoms with Crippen molar-refractivity contribution < 1.29 is 24.9 Å². The number of hydrogen-bond acceptors (Lipinski definition) is 4. The van der Waals surface area contributed by atoms with Gasteiger partial charge in [0.15, 0.2) is 0 Å². The van der Waals surface area contributed by atoms with Gasteiger partial charge in [0.25, 0.3) is 0 Å². The quantitative estimate of drug-likeness (QED) is 0.528. The summed E-state index contributed by atoms with van der Waals surface area (Å²) in [5, 5.41) is 29.0. The number of aliphatic hydroxyl groups excluding tert-OH is 2. The lowest BCUT2D eigenvalue weighted by atomic mass is 9.95. The molecule has 0 bridgehead atoms. The summed E-state index contributed by atoms with van der Waals surface area (Å²) >= 11 is 0. The lowest BCUT2D eigenvalue weighted by Gasteiger charge is -2.33. The molecule has 0 spiro atoms. The Labute approximate surface area is 112 Å². The van der Waals surface area contributed by atoms with Gasteiger partial charge in [-0.3, -0.25) is 0 Å². The minimum Gasteiger partial charge on any atom is -0.480 e. The number of likely N-dealkylation sites (tertiary alicyclic amines) is 1. The molecule has 0 aromatic rings. The summed E-state index contributed by atoms with van der Waals surface area (Å²) in [6, 6.07) is -1.47. The molecule has 19 heavy (non-hydrogen) atoms. The summed E-state index contributed by atoms with van der Waals surface area (Å²) in [6.45, 7) is 0.948. The Bertz CT molecular complexity index is 308. The molecule has 0 aromatic carbocycles. The summed E-state index contributed by atoms with van der Waals surface area (Å²) in [5.41, 5.74) is 0. The van der Waals surface area contributed by atoms with Crippen molar-refractivity contribution in [3.8, 4) is 0 Å². The summed E-state index contributed by atoms with van der Waals surface area (Å²) in [4.78, 5) is 24.4. The van der Waals surface area contributed by atoms with E-state index in [2.05, 4.69) is 5.32 Å². The molecule has 0 radical (unpaired) electrons. The first kappa shape index (κ1) is 15.7. The maximum Gasteiger partial charge on any atom is 0.326 e. The van der Waals surface area contributed by atoms with Crippen LogP contribution < -0.4 is 5.32 Å². The first-order valence-corrected chi connectivity index (χ1v) is 6.58. The third-order valence-electron chi connectivity index (χ3n) is 3.36. The molecule has 1 fully saturated rings. The molecule has 0 aromatic heterocycles. The minimum atomic E-state index is -1.15. The number of amides is 2. The number of hydrogen-bond donors (Lipinski definition) is 4. The second-order valence-corrected chi connectivity index (χ2v) is 4.82. The average molecular weight is 274 g/mol. The third kappa shape index (κ3) is 5.04. The number of piperidine rings is 1. The lowest BCUT2D eigenvalue weighted by molar-refractivity contribution is -0.139. The van der Waals surface area contributed by atoms with Crippen molar-refractivity contribution >= 4 is 12.0 Å². The van der Waals surface area contributed by atoms with Gasteiger partial charge in [-0.1, -0.05) is 0 Å². The normalized spacial score (nSPS) is 20.9. The van der Waals surface area contributed by atoms with E-state index in [1.165, 1.54) is 0 Å². The van der Waals surface area contributed by atoms with Crippen LogP contribution in [0.2, 0.25) is 0 Å². The van der Waals surface area contributed by atoms with Crippen molar-refractivity contribution in [2.24, 2.45) is 5.92 Å². The third-order valence-corrected chi connectivity index (χ3v) is 3.36. The predicted molar refractivity (Wildman–Crippen MR) is 67.7 cm³/mol. The molecule has 1 saturated heterocycles. The lowest BCUT2D eigenvalue weighted by Crippen LogP contribution is -2.51. The van der Waals surface area contributed by atoms with Gasteiger partial charge in [0.1, 0.15) is 6.04 Å². The fourth-order valence-electron chi connectivity index (χ4n) is 2.29. The highest BCUT2D eigenvalue weighted by atomic mass is 16.4. The molecule has 1 unspecified atom stereocenters. The monoisotopic (exact) mass is 274 g/mol. The van der Waals surface area contributed by atoms with E-state index in [1.807, 2.05) is 0 Å². The van der Waals surface area contributed by atoms with Gasteiger partial charge in [0, 0.05) is 32.7 Å². The van der Waals surface area contributed by atoms with E-state index >= 15 is 0 Å². The molecule has 1 aliphatic heterocycles. The molecule has 1 aliphatic rings. The van der Waals surface area contributed by atoms with Crippen molar-refractivity contribution in [1.29, 1.82) is 0 Å². The second-order valence-electron chi connectivity index (χ2n) is 4.82. The van der Waals surface area contributed by atoms with Crippen LogP contribution in [0.1, 0.15) is 25.7 Å². The average Bonchev–Trinajstić information content (AvgIpc) is 2.38. The van der Waals surface area contributed by atoms with Crippen molar-refractivity contribution in [1.82, 2.24) is 10.2 Å². The van der Waals surface area contributed by atoms with Gasteiger partial charge in [0.2, 0.25) is 0 Å². The molecule has 1 heterocycles. The summed E-state index contributed by atoms with van der Waals surface area (Å²) in [5.74, 6) is -0.878. The van der Waals surface area contributed by atoms with E-state index in [1.54, 1.807) is 4.90 Å². The Morgan fingerprint density at radius 1 is 1.32 bits per heavy atom. The molecule has 0 saturated carbocycles. The number of nitrogens with one attached hydrogen (secondary N) is 1. The maximum atomic E-state index is 11.9. The van der Waals surface area contributed by atoms with Crippen LogP contribution in [-0.2, 0) is 4.79 Å². The molecular formula is C12H22N2O5. The highest BCUT2D eigenvalue weighted by molar-refractivity contribution is 5.82. The highest BCUT2D eigenvalue weighted by Crippen LogP contribution is 2.19. The van der Waals surface area contributed by atoms with Gasteiger partial charge in [-0.15, -0.1) is 0 Å². The largest absolute Gasteiger partial charge is 0.480 e. The molecular weight excluding hydrogens is 252 g/mol. The smallest absolute Gasteiger partial charge is 0.326 e. The molecule has 7 nitrogen and oxygen atoms in total. The zero-order valence-electron chi connectivity index (χ0n) is 10.9. The van der Waals surface area contributed by atoms with E-state index in [0.717, 1.165) is 12.8 Å². The van der Waals surface area contributed by atoms with E-state index in [9.17, 15) is 9.59 Å². The first-order chi connectivity index (χ1) is 9.08. The Morgan fingerprint density at radius 3 is 2.63 bits per heavy atom. The van der Waals surface area contributed by atoms with Crippen molar-refractivity contribution in [3.63, 3.8) is 0 Å². The number of carbonyl (C=O) groups is 2. The van der Waals surface area contributed by atoms with Gasteiger partial charge < -0.3 is 25.5 Å². The second kappa shape index (κ2) is 7.96. The maximum absolute atomic E-state index is 11.9. The van der Waals surface area contributed by atoms with Crippen molar-refractivity contribution in [2.75, 3.05) is 26.3 Å². The van der Waals surface area contributed by atoms with Crippen LogP contribution in [0.25, 0.3) is 0 Å². The fourth-order valence-corrected chi connectivity index (χ4v) is 2.29. The summed E-state index contributed by atoms with van der Waals surface area (Å²) in [6.07, 6.45) is 2.48. The molecule has 4 N–H and O–H groups in total. The van der Waals surface area contributed by atoms with Gasteiger partial charge >= 0.3 is 12.0 Å². The van der Waals surface area contributed by atoms with E-state index in [4.69, 9.17) is 15.3 Å². The number of aliphatic hydroxyl groups is 2. The number of aliphatic carboxylic acids is 1.